The van der Waals surface area contributed by atoms with Crippen LogP contribution in [0.4, 0.5) is 0 Å². The summed E-state index contributed by atoms with van der Waals surface area (Å²) in [6.07, 6.45) is 6.69. The maximum absolute atomic E-state index is 8.68. The Bertz CT molecular complexity index is 394. The number of aliphatic hydroxyl groups excluding tert-OH is 1. The number of aromatic amines is 1. The number of nitrogens with zero attached hydrogens (tertiary/aromatic N) is 1. The summed E-state index contributed by atoms with van der Waals surface area (Å²) in [5, 5.41) is 11.9. The number of thiazole rings is 1. The lowest BCUT2D eigenvalue weighted by atomic mass is 10.2. The van der Waals surface area contributed by atoms with E-state index in [2.05, 4.69) is 15.3 Å². The third kappa shape index (κ3) is 2.67. The molecular formula is C11H14N2OS. The largest absolute Gasteiger partial charge is 0.396 e. The molecular weight excluding hydrogens is 208 g/mol. The Morgan fingerprint density at radius 3 is 3.07 bits per heavy atom. The molecule has 0 aliphatic carbocycles. The van der Waals surface area contributed by atoms with Gasteiger partial charge in [0, 0.05) is 29.9 Å². The van der Waals surface area contributed by atoms with Crippen LogP contribution in [0.5, 0.6) is 0 Å². The lowest BCUT2D eigenvalue weighted by Crippen LogP contribution is -1.87. The van der Waals surface area contributed by atoms with E-state index in [1.54, 1.807) is 11.3 Å². The zero-order valence-corrected chi connectivity index (χ0v) is 9.26. The van der Waals surface area contributed by atoms with E-state index >= 15 is 0 Å². The van der Waals surface area contributed by atoms with E-state index in [1.165, 1.54) is 0 Å². The van der Waals surface area contributed by atoms with Gasteiger partial charge in [-0.05, 0) is 25.3 Å². The van der Waals surface area contributed by atoms with Crippen molar-refractivity contribution in [2.75, 3.05) is 6.61 Å². The molecule has 0 aromatic carbocycles. The van der Waals surface area contributed by atoms with Crippen LogP contribution in [0.2, 0.25) is 0 Å². The normalized spacial score (nSPS) is 10.7. The second-order valence-corrected chi connectivity index (χ2v) is 4.35. The highest BCUT2D eigenvalue weighted by atomic mass is 32.1. The predicted octanol–water partition coefficient (Wildman–Crippen LogP) is 2.45. The van der Waals surface area contributed by atoms with Crippen molar-refractivity contribution >= 4 is 11.3 Å². The van der Waals surface area contributed by atoms with E-state index in [1.807, 2.05) is 18.5 Å². The standard InChI is InChI=1S/C11H14N2OS/c14-6-2-1-3-11-13-10(8-15-11)9-4-5-12-7-9/h4-5,7-8,12,14H,1-3,6H2. The molecule has 80 valence electrons. The van der Waals surface area contributed by atoms with Gasteiger partial charge in [-0.15, -0.1) is 11.3 Å². The summed E-state index contributed by atoms with van der Waals surface area (Å²) in [6.45, 7) is 0.274. The van der Waals surface area contributed by atoms with Crippen LogP contribution in [0, 0.1) is 0 Å². The van der Waals surface area contributed by atoms with Gasteiger partial charge in [0.1, 0.15) is 0 Å². The van der Waals surface area contributed by atoms with Crippen LogP contribution < -0.4 is 0 Å². The van der Waals surface area contributed by atoms with E-state index in [0.717, 1.165) is 35.5 Å². The minimum atomic E-state index is 0.274. The van der Waals surface area contributed by atoms with Gasteiger partial charge in [0.25, 0.3) is 0 Å². The zero-order valence-electron chi connectivity index (χ0n) is 8.44. The molecule has 0 aliphatic heterocycles. The first-order chi connectivity index (χ1) is 7.40. The predicted molar refractivity (Wildman–Crippen MR) is 61.9 cm³/mol. The molecule has 0 spiro atoms. The van der Waals surface area contributed by atoms with Crippen molar-refractivity contribution in [2.24, 2.45) is 0 Å². The molecule has 15 heavy (non-hydrogen) atoms. The maximum atomic E-state index is 8.68. The summed E-state index contributed by atoms with van der Waals surface area (Å²) in [5.41, 5.74) is 2.18. The van der Waals surface area contributed by atoms with Crippen molar-refractivity contribution in [1.82, 2.24) is 9.97 Å². The fourth-order valence-electron chi connectivity index (χ4n) is 1.43. The second kappa shape index (κ2) is 5.09. The average molecular weight is 222 g/mol. The van der Waals surface area contributed by atoms with Crippen molar-refractivity contribution < 1.29 is 5.11 Å². The average Bonchev–Trinajstić information content (AvgIpc) is 2.87. The van der Waals surface area contributed by atoms with Crippen LogP contribution in [0.25, 0.3) is 11.3 Å². The number of aromatic nitrogens is 2. The van der Waals surface area contributed by atoms with Gasteiger partial charge in [0.15, 0.2) is 0 Å². The lowest BCUT2D eigenvalue weighted by Gasteiger charge is -1.93. The first kappa shape index (κ1) is 10.4. The quantitative estimate of drug-likeness (QED) is 0.763. The third-order valence-corrected chi connectivity index (χ3v) is 3.15. The molecule has 2 aromatic heterocycles. The Hall–Kier alpha value is -1.13. The number of nitrogens with one attached hydrogen (secondary N) is 1. The Morgan fingerprint density at radius 1 is 1.40 bits per heavy atom. The zero-order chi connectivity index (χ0) is 10.5. The van der Waals surface area contributed by atoms with E-state index in [4.69, 9.17) is 5.11 Å². The molecule has 0 atom stereocenters. The molecule has 4 heteroatoms. The van der Waals surface area contributed by atoms with Gasteiger partial charge < -0.3 is 10.1 Å². The smallest absolute Gasteiger partial charge is 0.0932 e. The molecule has 0 saturated heterocycles. The molecule has 0 unspecified atom stereocenters. The number of aryl methyl sites for hydroxylation is 1. The van der Waals surface area contributed by atoms with Gasteiger partial charge >= 0.3 is 0 Å². The molecule has 2 aromatic rings. The summed E-state index contributed by atoms with van der Waals surface area (Å²) < 4.78 is 0. The number of hydrogen-bond acceptors (Lipinski definition) is 3. The Kier molecular flexibility index (Phi) is 3.53. The molecule has 0 radical (unpaired) electrons. The van der Waals surface area contributed by atoms with Crippen molar-refractivity contribution in [3.8, 4) is 11.3 Å². The minimum Gasteiger partial charge on any atom is -0.396 e. The van der Waals surface area contributed by atoms with Crippen molar-refractivity contribution in [3.63, 3.8) is 0 Å². The van der Waals surface area contributed by atoms with Gasteiger partial charge in [-0.2, -0.15) is 0 Å². The number of aliphatic hydroxyl groups is 1. The molecule has 0 aliphatic rings. The van der Waals surface area contributed by atoms with Gasteiger partial charge in [0.2, 0.25) is 0 Å². The SMILES string of the molecule is OCCCCc1nc(-c2cc[nH]c2)cs1. The molecule has 0 amide bonds. The summed E-state index contributed by atoms with van der Waals surface area (Å²) in [6, 6.07) is 2.02. The fourth-order valence-corrected chi connectivity index (χ4v) is 2.28. The van der Waals surface area contributed by atoms with Gasteiger partial charge in [-0.1, -0.05) is 0 Å². The van der Waals surface area contributed by atoms with Crippen molar-refractivity contribution in [1.29, 1.82) is 0 Å². The molecule has 2 N–H and O–H groups in total. The van der Waals surface area contributed by atoms with Crippen molar-refractivity contribution in [2.45, 2.75) is 19.3 Å². The van der Waals surface area contributed by atoms with Crippen LogP contribution in [-0.2, 0) is 6.42 Å². The number of unbranched alkanes of at least 4 members (excludes halogenated alkanes) is 1. The number of rotatable bonds is 5. The van der Waals surface area contributed by atoms with Gasteiger partial charge in [-0.25, -0.2) is 4.98 Å². The van der Waals surface area contributed by atoms with E-state index in [9.17, 15) is 0 Å². The summed E-state index contributed by atoms with van der Waals surface area (Å²) in [5.74, 6) is 0. The minimum absolute atomic E-state index is 0.274. The van der Waals surface area contributed by atoms with E-state index in [0.29, 0.717) is 0 Å². The Labute approximate surface area is 92.8 Å². The van der Waals surface area contributed by atoms with Crippen molar-refractivity contribution in [3.05, 3.63) is 28.8 Å². The van der Waals surface area contributed by atoms with Crippen LogP contribution >= 0.6 is 11.3 Å². The third-order valence-electron chi connectivity index (χ3n) is 2.24. The lowest BCUT2D eigenvalue weighted by molar-refractivity contribution is 0.284. The fraction of sp³-hybridized carbons (Fsp3) is 0.364. The number of H-pyrrole nitrogens is 1. The highest BCUT2D eigenvalue weighted by Gasteiger charge is 2.04. The highest BCUT2D eigenvalue weighted by Crippen LogP contribution is 2.22. The first-order valence-electron chi connectivity index (χ1n) is 5.08. The molecule has 0 fully saturated rings. The molecule has 0 saturated carbocycles. The second-order valence-electron chi connectivity index (χ2n) is 3.41. The van der Waals surface area contributed by atoms with E-state index < -0.39 is 0 Å². The molecule has 3 nitrogen and oxygen atoms in total. The van der Waals surface area contributed by atoms with Crippen LogP contribution in [0.3, 0.4) is 0 Å². The van der Waals surface area contributed by atoms with Gasteiger partial charge in [-0.3, -0.25) is 0 Å². The highest BCUT2D eigenvalue weighted by molar-refractivity contribution is 7.09. The van der Waals surface area contributed by atoms with Crippen LogP contribution in [0.15, 0.2) is 23.8 Å². The van der Waals surface area contributed by atoms with E-state index in [-0.39, 0.29) is 6.61 Å². The number of hydrogen-bond donors (Lipinski definition) is 2. The molecule has 2 heterocycles. The summed E-state index contributed by atoms with van der Waals surface area (Å²) >= 11 is 1.69. The Morgan fingerprint density at radius 2 is 2.33 bits per heavy atom. The topological polar surface area (TPSA) is 48.9 Å². The van der Waals surface area contributed by atoms with Crippen LogP contribution in [0.1, 0.15) is 17.8 Å². The molecule has 2 rings (SSSR count). The van der Waals surface area contributed by atoms with Crippen LogP contribution in [-0.4, -0.2) is 21.7 Å². The first-order valence-corrected chi connectivity index (χ1v) is 5.96. The summed E-state index contributed by atoms with van der Waals surface area (Å²) in [4.78, 5) is 7.56. The Balaban J connectivity index is 1.98. The maximum Gasteiger partial charge on any atom is 0.0932 e. The monoisotopic (exact) mass is 222 g/mol. The molecule has 0 bridgehead atoms. The van der Waals surface area contributed by atoms with Gasteiger partial charge in [0.05, 0.1) is 10.7 Å². The summed E-state index contributed by atoms with van der Waals surface area (Å²) in [7, 11) is 0.